The summed E-state index contributed by atoms with van der Waals surface area (Å²) in [6.07, 6.45) is 0.283. The maximum atomic E-state index is 13.2. The van der Waals surface area contributed by atoms with Crippen molar-refractivity contribution in [2.24, 2.45) is 0 Å². The Balaban J connectivity index is 2.59. The molecule has 0 aliphatic carbocycles. The van der Waals surface area contributed by atoms with Crippen molar-refractivity contribution in [3.63, 3.8) is 0 Å². The molecule has 0 aliphatic rings. The molecule has 6 heteroatoms. The van der Waals surface area contributed by atoms with E-state index in [9.17, 15) is 12.8 Å². The molecule has 0 heterocycles. The molecule has 0 aliphatic heterocycles. The van der Waals surface area contributed by atoms with Gasteiger partial charge in [-0.25, -0.2) is 17.5 Å². The van der Waals surface area contributed by atoms with Crippen LogP contribution in [0.4, 0.5) is 4.39 Å². The Hall–Kier alpha value is -0.650. The van der Waals surface area contributed by atoms with E-state index in [0.29, 0.717) is 10.6 Å². The van der Waals surface area contributed by atoms with Gasteiger partial charge in [-0.2, -0.15) is 0 Å². The maximum absolute atomic E-state index is 13.2. The fourth-order valence-electron chi connectivity index (χ4n) is 1.18. The van der Waals surface area contributed by atoms with Crippen LogP contribution in [0, 0.1) is 5.82 Å². The first-order valence-electron chi connectivity index (χ1n) is 4.86. The summed E-state index contributed by atoms with van der Waals surface area (Å²) in [5, 5.41) is 0.440. The van der Waals surface area contributed by atoms with Crippen LogP contribution in [0.2, 0.25) is 5.02 Å². The summed E-state index contributed by atoms with van der Waals surface area (Å²) in [6.45, 7) is 1.72. The van der Waals surface area contributed by atoms with Crippen LogP contribution in [-0.4, -0.2) is 20.7 Å². The SMILES string of the molecule is CCS(=O)(=O)NCCc1cc(Cl)ccc1F. The number of halogens is 2. The largest absolute Gasteiger partial charge is 0.215 e. The molecule has 1 rings (SSSR count). The number of hydrogen-bond donors (Lipinski definition) is 1. The molecule has 3 nitrogen and oxygen atoms in total. The minimum Gasteiger partial charge on any atom is -0.215 e. The number of rotatable bonds is 5. The van der Waals surface area contributed by atoms with Crippen LogP contribution < -0.4 is 4.72 Å². The van der Waals surface area contributed by atoms with E-state index >= 15 is 0 Å². The molecule has 1 N–H and O–H groups in total. The highest BCUT2D eigenvalue weighted by Crippen LogP contribution is 2.14. The van der Waals surface area contributed by atoms with Crippen molar-refractivity contribution in [3.8, 4) is 0 Å². The Bertz CT molecular complexity index is 462. The van der Waals surface area contributed by atoms with Gasteiger partial charge in [0.2, 0.25) is 10.0 Å². The molecule has 0 saturated heterocycles. The molecule has 0 bridgehead atoms. The summed E-state index contributed by atoms with van der Waals surface area (Å²) in [5.41, 5.74) is 0.409. The lowest BCUT2D eigenvalue weighted by molar-refractivity contribution is 0.578. The molecule has 1 aromatic rings. The quantitative estimate of drug-likeness (QED) is 0.885. The molecule has 0 radical (unpaired) electrons. The third kappa shape index (κ3) is 4.08. The van der Waals surface area contributed by atoms with Gasteiger partial charge in [0.05, 0.1) is 5.75 Å². The van der Waals surface area contributed by atoms with Crippen LogP contribution in [0.3, 0.4) is 0 Å². The lowest BCUT2D eigenvalue weighted by atomic mass is 10.1. The zero-order valence-corrected chi connectivity index (χ0v) is 10.4. The van der Waals surface area contributed by atoms with Gasteiger partial charge in [0.25, 0.3) is 0 Å². The average Bonchev–Trinajstić information content (AvgIpc) is 2.23. The molecular formula is C10H13ClFNO2S. The van der Waals surface area contributed by atoms with Crippen molar-refractivity contribution in [1.82, 2.24) is 4.72 Å². The summed E-state index contributed by atoms with van der Waals surface area (Å²) in [7, 11) is -3.22. The average molecular weight is 266 g/mol. The van der Waals surface area contributed by atoms with E-state index in [0.717, 1.165) is 0 Å². The second kappa shape index (κ2) is 5.61. The number of hydrogen-bond acceptors (Lipinski definition) is 2. The van der Waals surface area contributed by atoms with Crippen LogP contribution in [-0.2, 0) is 16.4 Å². The molecule has 0 spiro atoms. The van der Waals surface area contributed by atoms with Gasteiger partial charge in [0.15, 0.2) is 0 Å². The van der Waals surface area contributed by atoms with Crippen molar-refractivity contribution in [3.05, 3.63) is 34.6 Å². The van der Waals surface area contributed by atoms with E-state index in [2.05, 4.69) is 4.72 Å². The lowest BCUT2D eigenvalue weighted by Gasteiger charge is -2.05. The van der Waals surface area contributed by atoms with Crippen LogP contribution >= 0.6 is 11.6 Å². The van der Waals surface area contributed by atoms with Crippen molar-refractivity contribution < 1.29 is 12.8 Å². The predicted octanol–water partition coefficient (Wildman–Crippen LogP) is 1.96. The highest BCUT2D eigenvalue weighted by Gasteiger charge is 2.07. The standard InChI is InChI=1S/C10H13ClFNO2S/c1-2-16(14,15)13-6-5-8-7-9(11)3-4-10(8)12/h3-4,7,13H,2,5-6H2,1H3. The van der Waals surface area contributed by atoms with Gasteiger partial charge in [-0.3, -0.25) is 0 Å². The summed E-state index contributed by atoms with van der Waals surface area (Å²) >= 11 is 5.71. The van der Waals surface area contributed by atoms with Gasteiger partial charge in [-0.1, -0.05) is 11.6 Å². The molecule has 0 atom stereocenters. The van der Waals surface area contributed by atoms with Crippen LogP contribution in [0.5, 0.6) is 0 Å². The van der Waals surface area contributed by atoms with E-state index in [1.807, 2.05) is 0 Å². The fraction of sp³-hybridized carbons (Fsp3) is 0.400. The first kappa shape index (κ1) is 13.4. The van der Waals surface area contributed by atoms with E-state index in [-0.39, 0.29) is 24.5 Å². The number of benzene rings is 1. The zero-order valence-electron chi connectivity index (χ0n) is 8.83. The topological polar surface area (TPSA) is 46.2 Å². The molecule has 0 saturated carbocycles. The van der Waals surface area contributed by atoms with E-state index < -0.39 is 10.0 Å². The van der Waals surface area contributed by atoms with Crippen molar-refractivity contribution >= 4 is 21.6 Å². The van der Waals surface area contributed by atoms with Gasteiger partial charge >= 0.3 is 0 Å². The summed E-state index contributed by atoms with van der Waals surface area (Å²) in [4.78, 5) is 0. The molecule has 0 amide bonds. The smallest absolute Gasteiger partial charge is 0.211 e. The molecule has 0 fully saturated rings. The van der Waals surface area contributed by atoms with Crippen molar-refractivity contribution in [2.75, 3.05) is 12.3 Å². The van der Waals surface area contributed by atoms with Crippen LogP contribution in [0.25, 0.3) is 0 Å². The third-order valence-corrected chi connectivity index (χ3v) is 3.74. The molecule has 0 unspecified atom stereocenters. The van der Waals surface area contributed by atoms with Gasteiger partial charge in [-0.15, -0.1) is 0 Å². The van der Waals surface area contributed by atoms with Gasteiger partial charge < -0.3 is 0 Å². The summed E-state index contributed by atoms with van der Waals surface area (Å²) in [6, 6.07) is 4.22. The molecule has 1 aromatic carbocycles. The lowest BCUT2D eigenvalue weighted by Crippen LogP contribution is -2.27. The molecule has 0 aromatic heterocycles. The van der Waals surface area contributed by atoms with Gasteiger partial charge in [0, 0.05) is 11.6 Å². The minimum atomic E-state index is -3.22. The van der Waals surface area contributed by atoms with E-state index in [4.69, 9.17) is 11.6 Å². The van der Waals surface area contributed by atoms with Crippen molar-refractivity contribution in [1.29, 1.82) is 0 Å². The second-order valence-corrected chi connectivity index (χ2v) is 5.82. The van der Waals surface area contributed by atoms with Crippen LogP contribution in [0.15, 0.2) is 18.2 Å². The summed E-state index contributed by atoms with van der Waals surface area (Å²) in [5.74, 6) is -0.356. The molecule has 90 valence electrons. The minimum absolute atomic E-state index is 0.0189. The monoisotopic (exact) mass is 265 g/mol. The molecule has 16 heavy (non-hydrogen) atoms. The number of sulfonamides is 1. The Morgan fingerprint density at radius 1 is 1.44 bits per heavy atom. The van der Waals surface area contributed by atoms with Crippen molar-refractivity contribution in [2.45, 2.75) is 13.3 Å². The van der Waals surface area contributed by atoms with E-state index in [1.54, 1.807) is 6.92 Å². The second-order valence-electron chi connectivity index (χ2n) is 3.28. The van der Waals surface area contributed by atoms with Crippen LogP contribution in [0.1, 0.15) is 12.5 Å². The Labute approximate surface area is 99.7 Å². The number of nitrogens with one attached hydrogen (secondary N) is 1. The van der Waals surface area contributed by atoms with E-state index in [1.165, 1.54) is 18.2 Å². The highest BCUT2D eigenvalue weighted by molar-refractivity contribution is 7.89. The first-order valence-corrected chi connectivity index (χ1v) is 6.89. The predicted molar refractivity (Wildman–Crippen MR) is 62.6 cm³/mol. The Morgan fingerprint density at radius 3 is 2.75 bits per heavy atom. The Morgan fingerprint density at radius 2 is 2.12 bits per heavy atom. The van der Waals surface area contributed by atoms with Gasteiger partial charge in [0.1, 0.15) is 5.82 Å². The normalized spacial score (nSPS) is 11.7. The van der Waals surface area contributed by atoms with Gasteiger partial charge in [-0.05, 0) is 37.1 Å². The molecular weight excluding hydrogens is 253 g/mol. The third-order valence-electron chi connectivity index (χ3n) is 2.10. The summed E-state index contributed by atoms with van der Waals surface area (Å²) < 4.78 is 37.8. The highest BCUT2D eigenvalue weighted by atomic mass is 35.5. The maximum Gasteiger partial charge on any atom is 0.211 e. The fourth-order valence-corrected chi connectivity index (χ4v) is 1.99. The first-order chi connectivity index (χ1) is 7.44. The Kier molecular flexibility index (Phi) is 4.70. The zero-order chi connectivity index (χ0) is 12.2.